The fraction of sp³-hybridized carbons (Fsp3) is 0.419. The predicted octanol–water partition coefficient (Wildman–Crippen LogP) is 6.54. The van der Waals surface area contributed by atoms with Crippen molar-refractivity contribution in [2.24, 2.45) is 11.6 Å². The minimum absolute atomic E-state index is 0.130. The van der Waals surface area contributed by atoms with E-state index in [2.05, 4.69) is 60.3 Å². The molecule has 41 heavy (non-hydrogen) atoms. The molecule has 1 saturated carbocycles. The van der Waals surface area contributed by atoms with Crippen molar-refractivity contribution in [3.63, 3.8) is 0 Å². The van der Waals surface area contributed by atoms with Crippen LogP contribution in [-0.2, 0) is 5.41 Å². The van der Waals surface area contributed by atoms with Crippen molar-refractivity contribution < 1.29 is 9.53 Å². The van der Waals surface area contributed by atoms with Crippen molar-refractivity contribution >= 4 is 40.6 Å². The number of hydrazine groups is 1. The quantitative estimate of drug-likeness (QED) is 0.122. The Bertz CT molecular complexity index is 1450. The molecule has 1 aromatic heterocycles. The molecule has 0 spiro atoms. The van der Waals surface area contributed by atoms with Gasteiger partial charge in [0, 0.05) is 30.0 Å². The molecule has 1 aliphatic rings. The molecule has 1 fully saturated rings. The first-order valence-corrected chi connectivity index (χ1v) is 15.1. The molecule has 0 unspecified atom stereocenters. The molecule has 1 heterocycles. The van der Waals surface area contributed by atoms with Crippen LogP contribution in [0.4, 0.5) is 17.1 Å². The van der Waals surface area contributed by atoms with E-state index in [-0.39, 0.29) is 11.3 Å². The van der Waals surface area contributed by atoms with E-state index in [1.165, 1.54) is 17.0 Å². The largest absolute Gasteiger partial charge is 0.492 e. The van der Waals surface area contributed by atoms with Gasteiger partial charge in [0.05, 0.1) is 41.8 Å². The van der Waals surface area contributed by atoms with Gasteiger partial charge in [-0.25, -0.2) is 10.8 Å². The summed E-state index contributed by atoms with van der Waals surface area (Å²) in [6, 6.07) is 9.88. The van der Waals surface area contributed by atoms with E-state index in [1.807, 2.05) is 31.5 Å². The average Bonchev–Trinajstić information content (AvgIpc) is 3.64. The van der Waals surface area contributed by atoms with E-state index >= 15 is 0 Å². The lowest BCUT2D eigenvalue weighted by Gasteiger charge is -2.24. The van der Waals surface area contributed by atoms with E-state index in [1.54, 1.807) is 25.4 Å². The highest BCUT2D eigenvalue weighted by molar-refractivity contribution is 7.99. The van der Waals surface area contributed by atoms with Crippen molar-refractivity contribution in [2.75, 3.05) is 28.4 Å². The topological polar surface area (TPSA) is 123 Å². The predicted molar refractivity (Wildman–Crippen MR) is 171 cm³/mol. The molecule has 0 bridgehead atoms. The zero-order valence-electron chi connectivity index (χ0n) is 25.3. The summed E-state index contributed by atoms with van der Waals surface area (Å²) in [5.41, 5.74) is 12.3. The number of hydrogen-bond donors (Lipinski definition) is 4. The average molecular weight is 578 g/mol. The van der Waals surface area contributed by atoms with Crippen LogP contribution < -0.4 is 31.4 Å². The van der Waals surface area contributed by atoms with Gasteiger partial charge in [0.2, 0.25) is 0 Å². The first kappa shape index (κ1) is 30.3. The molecule has 0 aliphatic heterocycles. The second kappa shape index (κ2) is 12.1. The van der Waals surface area contributed by atoms with Crippen LogP contribution in [0.25, 0.3) is 5.70 Å². The van der Waals surface area contributed by atoms with Crippen LogP contribution in [0.15, 0.2) is 42.7 Å². The Morgan fingerprint density at radius 2 is 1.90 bits per heavy atom. The third-order valence-corrected chi connectivity index (χ3v) is 7.62. The van der Waals surface area contributed by atoms with Gasteiger partial charge >= 0.3 is 0 Å². The Kier molecular flexibility index (Phi) is 8.94. The fourth-order valence-electron chi connectivity index (χ4n) is 4.80. The second-order valence-corrected chi connectivity index (χ2v) is 12.5. The number of amides is 1. The van der Waals surface area contributed by atoms with E-state index in [0.717, 1.165) is 41.2 Å². The van der Waals surface area contributed by atoms with Gasteiger partial charge in [0.1, 0.15) is 5.82 Å². The maximum Gasteiger partial charge on any atom is 0.255 e. The lowest BCUT2D eigenvalue weighted by molar-refractivity contribution is 0.102. The van der Waals surface area contributed by atoms with Crippen LogP contribution >= 0.6 is 11.9 Å². The normalized spacial score (nSPS) is 13.9. The number of benzene rings is 2. The highest BCUT2D eigenvalue weighted by Crippen LogP contribution is 2.41. The molecule has 6 N–H and O–H groups in total. The summed E-state index contributed by atoms with van der Waals surface area (Å²) >= 11 is 1.46. The van der Waals surface area contributed by atoms with Gasteiger partial charge in [-0.1, -0.05) is 52.6 Å². The van der Waals surface area contributed by atoms with Gasteiger partial charge in [-0.15, -0.1) is 0 Å². The molecule has 9 nitrogen and oxygen atoms in total. The number of nitrogens with two attached hydrogens (primary N) is 2. The number of rotatable bonds is 10. The van der Waals surface area contributed by atoms with Crippen molar-refractivity contribution in [3.8, 4) is 5.75 Å². The zero-order valence-corrected chi connectivity index (χ0v) is 26.1. The molecule has 3 aromatic rings. The third kappa shape index (κ3) is 6.65. The van der Waals surface area contributed by atoms with Crippen LogP contribution in [-0.4, -0.2) is 28.8 Å². The van der Waals surface area contributed by atoms with Crippen LogP contribution in [0.5, 0.6) is 5.75 Å². The molecule has 220 valence electrons. The first-order valence-electron chi connectivity index (χ1n) is 13.9. The van der Waals surface area contributed by atoms with E-state index < -0.39 is 0 Å². The van der Waals surface area contributed by atoms with Crippen LogP contribution in [0.2, 0.25) is 0 Å². The zero-order chi connectivity index (χ0) is 30.1. The Labute approximate surface area is 247 Å². The number of hydrogen-bond acceptors (Lipinski definition) is 8. The Hall–Kier alpha value is -3.63. The van der Waals surface area contributed by atoms with E-state index in [9.17, 15) is 4.79 Å². The van der Waals surface area contributed by atoms with Gasteiger partial charge in [0.25, 0.3) is 5.91 Å². The lowest BCUT2D eigenvalue weighted by atomic mass is 9.86. The van der Waals surface area contributed by atoms with Crippen molar-refractivity contribution in [1.29, 1.82) is 0 Å². The molecule has 1 amide bonds. The van der Waals surface area contributed by atoms with Crippen LogP contribution in [0.1, 0.15) is 92.4 Å². The lowest BCUT2D eigenvalue weighted by Crippen LogP contribution is -2.27. The standard InChI is InChI=1S/C31H43N7O2S/c1-18(2)29-34-16-27(38(29)22-11-12-22)23(32)17-37(33)26-13-20(10-9-19(26)3)30(39)35-24-14-21(31(4,5)6)15-25(36-41-8)28(24)40-7/h9-10,13-18,22,36H,11-12,32-33H2,1-8H3,(H,35,39)/b23-17-. The summed E-state index contributed by atoms with van der Waals surface area (Å²) in [4.78, 5) is 18.2. The first-order chi connectivity index (χ1) is 19.3. The highest BCUT2D eigenvalue weighted by atomic mass is 32.2. The van der Waals surface area contributed by atoms with E-state index in [0.29, 0.717) is 40.3 Å². The van der Waals surface area contributed by atoms with Crippen LogP contribution in [0.3, 0.4) is 0 Å². The molecule has 1 aliphatic carbocycles. The number of aromatic nitrogens is 2. The number of anilines is 3. The highest BCUT2D eigenvalue weighted by Gasteiger charge is 2.30. The summed E-state index contributed by atoms with van der Waals surface area (Å²) in [5, 5.41) is 4.53. The van der Waals surface area contributed by atoms with Crippen molar-refractivity contribution in [3.05, 3.63) is 70.9 Å². The Morgan fingerprint density at radius 3 is 2.49 bits per heavy atom. The number of carbonyl (C=O) groups excluding carboxylic acids is 1. The Morgan fingerprint density at radius 1 is 1.22 bits per heavy atom. The number of nitrogens with one attached hydrogen (secondary N) is 2. The maximum atomic E-state index is 13.5. The van der Waals surface area contributed by atoms with Gasteiger partial charge in [-0.3, -0.25) is 9.80 Å². The molecule has 4 rings (SSSR count). The van der Waals surface area contributed by atoms with Crippen molar-refractivity contribution in [1.82, 2.24) is 9.55 Å². The molecule has 2 aromatic carbocycles. The molecule has 0 saturated heterocycles. The third-order valence-electron chi connectivity index (χ3n) is 7.20. The summed E-state index contributed by atoms with van der Waals surface area (Å²) < 4.78 is 11.2. The number of aryl methyl sites for hydroxylation is 1. The molecule has 0 radical (unpaired) electrons. The molecular weight excluding hydrogens is 534 g/mol. The number of ether oxygens (including phenoxy) is 1. The van der Waals surface area contributed by atoms with Gasteiger partial charge in [-0.2, -0.15) is 0 Å². The van der Waals surface area contributed by atoms with Gasteiger partial charge in [-0.05, 0) is 60.6 Å². The monoisotopic (exact) mass is 577 g/mol. The fourth-order valence-corrected chi connectivity index (χ4v) is 5.17. The number of nitrogens with zero attached hydrogens (tertiary/aromatic N) is 3. The number of imidazole rings is 1. The second-order valence-electron chi connectivity index (χ2n) is 11.9. The summed E-state index contributed by atoms with van der Waals surface area (Å²) in [5.74, 6) is 8.13. The van der Waals surface area contributed by atoms with Crippen LogP contribution in [0, 0.1) is 6.92 Å². The Balaban J connectivity index is 1.64. The summed E-state index contributed by atoms with van der Waals surface area (Å²) in [6.07, 6.45) is 7.70. The van der Waals surface area contributed by atoms with Gasteiger partial charge in [0.15, 0.2) is 5.75 Å². The number of carbonyl (C=O) groups is 1. The van der Waals surface area contributed by atoms with Crippen molar-refractivity contribution in [2.45, 2.75) is 71.8 Å². The summed E-state index contributed by atoms with van der Waals surface area (Å²) in [7, 11) is 1.60. The van der Waals surface area contributed by atoms with E-state index in [4.69, 9.17) is 16.3 Å². The minimum Gasteiger partial charge on any atom is -0.492 e. The number of methoxy groups -OCH3 is 1. The summed E-state index contributed by atoms with van der Waals surface area (Å²) in [6.45, 7) is 12.6. The SMILES string of the molecule is COc1c(NSC)cc(C(C)(C)C)cc1NC(=O)c1ccc(C)c(N(N)/C=C(\N)c2cnc(C(C)C)n2C2CC2)c1. The smallest absolute Gasteiger partial charge is 0.255 e. The minimum atomic E-state index is -0.274. The molecular formula is C31H43N7O2S. The molecule has 10 heteroatoms. The molecule has 0 atom stereocenters. The maximum absolute atomic E-state index is 13.5. The van der Waals surface area contributed by atoms with Gasteiger partial charge < -0.3 is 25.1 Å².